The summed E-state index contributed by atoms with van der Waals surface area (Å²) in [4.78, 5) is 14.6. The normalized spacial score (nSPS) is 10.8. The van der Waals surface area contributed by atoms with E-state index in [1.54, 1.807) is 17.2 Å². The van der Waals surface area contributed by atoms with Gasteiger partial charge in [0.2, 0.25) is 5.91 Å². The Balaban J connectivity index is 1.66. The predicted molar refractivity (Wildman–Crippen MR) is 125 cm³/mol. The average molecular weight is 468 g/mol. The van der Waals surface area contributed by atoms with Crippen molar-refractivity contribution in [2.24, 2.45) is 5.92 Å². The van der Waals surface area contributed by atoms with Crippen molar-refractivity contribution in [3.8, 4) is 11.8 Å². The number of para-hydroxylation sites is 1. The molecule has 0 N–H and O–H groups in total. The fourth-order valence-electron chi connectivity index (χ4n) is 3.09. The number of hydrogen-bond donors (Lipinski definition) is 0. The Hall–Kier alpha value is -3.25. The summed E-state index contributed by atoms with van der Waals surface area (Å²) >= 11 is 1.35. The SMILES string of the molecule is CC(C)CCn1c(COc2ccccc2)nnc1SCC(=O)N(CCC#N)Cc1ccco1. The molecule has 0 unspecified atom stereocenters. The van der Waals surface area contributed by atoms with Crippen molar-refractivity contribution in [2.75, 3.05) is 12.3 Å². The fourth-order valence-corrected chi connectivity index (χ4v) is 3.98. The molecule has 33 heavy (non-hydrogen) atoms. The van der Waals surface area contributed by atoms with Crippen molar-refractivity contribution < 1.29 is 13.9 Å². The van der Waals surface area contributed by atoms with E-state index in [1.165, 1.54) is 11.8 Å². The molecule has 0 aliphatic rings. The van der Waals surface area contributed by atoms with Crippen molar-refractivity contribution in [3.05, 3.63) is 60.3 Å². The second kappa shape index (κ2) is 12.7. The van der Waals surface area contributed by atoms with Crippen LogP contribution in [0, 0.1) is 17.2 Å². The third kappa shape index (κ3) is 7.68. The van der Waals surface area contributed by atoms with Gasteiger partial charge in [-0.25, -0.2) is 0 Å². The lowest BCUT2D eigenvalue weighted by molar-refractivity contribution is -0.129. The van der Waals surface area contributed by atoms with E-state index >= 15 is 0 Å². The number of nitrogens with zero attached hydrogens (tertiary/aromatic N) is 5. The molecular formula is C24H29N5O3S. The highest BCUT2D eigenvalue weighted by Crippen LogP contribution is 2.21. The maximum atomic E-state index is 12.9. The van der Waals surface area contributed by atoms with Crippen LogP contribution in [0.1, 0.15) is 38.3 Å². The average Bonchev–Trinajstić information content (AvgIpc) is 3.47. The van der Waals surface area contributed by atoms with Gasteiger partial charge >= 0.3 is 0 Å². The van der Waals surface area contributed by atoms with E-state index in [9.17, 15) is 4.79 Å². The van der Waals surface area contributed by atoms with Gasteiger partial charge in [-0.05, 0) is 36.6 Å². The van der Waals surface area contributed by atoms with Crippen LogP contribution in [-0.4, -0.2) is 37.9 Å². The zero-order chi connectivity index (χ0) is 23.5. The minimum Gasteiger partial charge on any atom is -0.486 e. The molecule has 2 aromatic heterocycles. The second-order valence-electron chi connectivity index (χ2n) is 7.93. The molecule has 0 fully saturated rings. The predicted octanol–water partition coefficient (Wildman–Crippen LogP) is 4.53. The molecule has 0 saturated carbocycles. The van der Waals surface area contributed by atoms with E-state index in [2.05, 4.69) is 30.1 Å². The summed E-state index contributed by atoms with van der Waals surface area (Å²) < 4.78 is 13.3. The fraction of sp³-hybridized carbons (Fsp3) is 0.417. The van der Waals surface area contributed by atoms with Crippen LogP contribution < -0.4 is 4.74 Å². The van der Waals surface area contributed by atoms with Gasteiger partial charge in [0.05, 0.1) is 31.1 Å². The largest absolute Gasteiger partial charge is 0.486 e. The topological polar surface area (TPSA) is 97.2 Å². The summed E-state index contributed by atoms with van der Waals surface area (Å²) in [7, 11) is 0. The molecule has 8 nitrogen and oxygen atoms in total. The minimum absolute atomic E-state index is 0.0767. The quantitative estimate of drug-likeness (QED) is 0.341. The highest BCUT2D eigenvalue weighted by atomic mass is 32.2. The van der Waals surface area contributed by atoms with E-state index in [0.717, 1.165) is 24.5 Å². The molecule has 0 bridgehead atoms. The van der Waals surface area contributed by atoms with Crippen LogP contribution in [0.15, 0.2) is 58.3 Å². The third-order valence-corrected chi connectivity index (χ3v) is 5.88. The van der Waals surface area contributed by atoms with Crippen molar-refractivity contribution >= 4 is 17.7 Å². The molecule has 2 heterocycles. The molecule has 3 rings (SSSR count). The summed E-state index contributed by atoms with van der Waals surface area (Å²) in [5.74, 6) is 2.83. The van der Waals surface area contributed by atoms with Crippen LogP contribution in [0.5, 0.6) is 5.75 Å². The number of amides is 1. The van der Waals surface area contributed by atoms with Gasteiger partial charge in [0.1, 0.15) is 18.1 Å². The van der Waals surface area contributed by atoms with Crippen LogP contribution in [0.3, 0.4) is 0 Å². The molecular weight excluding hydrogens is 438 g/mol. The molecule has 1 aromatic carbocycles. The summed E-state index contributed by atoms with van der Waals surface area (Å²) in [5.41, 5.74) is 0. The molecule has 0 saturated heterocycles. The Morgan fingerprint density at radius 3 is 2.76 bits per heavy atom. The van der Waals surface area contributed by atoms with Gasteiger partial charge in [-0.15, -0.1) is 10.2 Å². The minimum atomic E-state index is -0.0767. The number of ether oxygens (including phenoxy) is 1. The number of thioether (sulfide) groups is 1. The number of aromatic nitrogens is 3. The second-order valence-corrected chi connectivity index (χ2v) is 8.87. The van der Waals surface area contributed by atoms with Gasteiger partial charge in [-0.2, -0.15) is 5.26 Å². The Bertz CT molecular complexity index is 1030. The molecule has 0 aliphatic heterocycles. The van der Waals surface area contributed by atoms with E-state index < -0.39 is 0 Å². The van der Waals surface area contributed by atoms with Crippen molar-refractivity contribution in [2.45, 2.75) is 51.5 Å². The first-order valence-corrected chi connectivity index (χ1v) is 11.9. The third-order valence-electron chi connectivity index (χ3n) is 4.93. The maximum absolute atomic E-state index is 12.9. The molecule has 1 amide bonds. The molecule has 0 aliphatic carbocycles. The first-order chi connectivity index (χ1) is 16.1. The molecule has 0 radical (unpaired) electrons. The number of hydrogen-bond acceptors (Lipinski definition) is 7. The number of carbonyl (C=O) groups is 1. The Morgan fingerprint density at radius 2 is 2.06 bits per heavy atom. The van der Waals surface area contributed by atoms with Crippen LogP contribution in [0.4, 0.5) is 0 Å². The zero-order valence-electron chi connectivity index (χ0n) is 19.0. The van der Waals surface area contributed by atoms with Crippen LogP contribution in [0.25, 0.3) is 0 Å². The van der Waals surface area contributed by atoms with Crippen LogP contribution >= 0.6 is 11.8 Å². The molecule has 174 valence electrons. The zero-order valence-corrected chi connectivity index (χ0v) is 19.8. The lowest BCUT2D eigenvalue weighted by atomic mass is 10.1. The summed E-state index contributed by atoms with van der Waals surface area (Å²) in [5, 5.41) is 18.3. The van der Waals surface area contributed by atoms with Crippen molar-refractivity contribution in [3.63, 3.8) is 0 Å². The van der Waals surface area contributed by atoms with Gasteiger partial charge in [0.15, 0.2) is 11.0 Å². The molecule has 9 heteroatoms. The summed E-state index contributed by atoms with van der Waals surface area (Å²) in [6.45, 7) is 6.08. The lowest BCUT2D eigenvalue weighted by Gasteiger charge is -2.20. The van der Waals surface area contributed by atoms with Gasteiger partial charge in [-0.3, -0.25) is 4.79 Å². The van der Waals surface area contributed by atoms with Crippen LogP contribution in [-0.2, 0) is 24.5 Å². The van der Waals surface area contributed by atoms with Gasteiger partial charge in [0, 0.05) is 13.1 Å². The molecule has 3 aromatic rings. The lowest BCUT2D eigenvalue weighted by Crippen LogP contribution is -2.32. The Kier molecular flexibility index (Phi) is 9.39. The number of carbonyl (C=O) groups excluding carboxylic acids is 1. The summed E-state index contributed by atoms with van der Waals surface area (Å²) in [6, 6.07) is 15.3. The van der Waals surface area contributed by atoms with E-state index in [1.807, 2.05) is 41.0 Å². The van der Waals surface area contributed by atoms with Crippen LogP contribution in [0.2, 0.25) is 0 Å². The first kappa shape index (κ1) is 24.4. The number of rotatable bonds is 13. The highest BCUT2D eigenvalue weighted by Gasteiger charge is 2.19. The van der Waals surface area contributed by atoms with Crippen molar-refractivity contribution in [1.82, 2.24) is 19.7 Å². The highest BCUT2D eigenvalue weighted by molar-refractivity contribution is 7.99. The van der Waals surface area contributed by atoms with Gasteiger partial charge < -0.3 is 18.6 Å². The number of nitriles is 1. The van der Waals surface area contributed by atoms with Gasteiger partial charge in [-0.1, -0.05) is 43.8 Å². The maximum Gasteiger partial charge on any atom is 0.233 e. The van der Waals surface area contributed by atoms with E-state index in [0.29, 0.717) is 36.5 Å². The van der Waals surface area contributed by atoms with Gasteiger partial charge in [0.25, 0.3) is 0 Å². The Labute approximate surface area is 198 Å². The number of furan rings is 1. The smallest absolute Gasteiger partial charge is 0.233 e. The standard InChI is InChI=1S/C24H29N5O3S/c1-19(2)11-14-29-22(17-32-20-8-4-3-5-9-20)26-27-24(29)33-18-23(30)28(13-7-12-25)16-21-10-6-15-31-21/h3-6,8-10,15,19H,7,11,13-14,16-18H2,1-2H3. The first-order valence-electron chi connectivity index (χ1n) is 11.0. The van der Waals surface area contributed by atoms with E-state index in [-0.39, 0.29) is 18.1 Å². The van der Waals surface area contributed by atoms with Crippen molar-refractivity contribution in [1.29, 1.82) is 5.26 Å². The Morgan fingerprint density at radius 1 is 1.24 bits per heavy atom. The number of benzene rings is 1. The molecule has 0 atom stereocenters. The summed E-state index contributed by atoms with van der Waals surface area (Å²) in [6.07, 6.45) is 2.81. The monoisotopic (exact) mass is 467 g/mol. The molecule has 0 spiro atoms. The van der Waals surface area contributed by atoms with E-state index in [4.69, 9.17) is 14.4 Å².